The average molecular weight is 224 g/mol. The van der Waals surface area contributed by atoms with Crippen LogP contribution in [-0.2, 0) is 16.1 Å². The van der Waals surface area contributed by atoms with E-state index < -0.39 is 6.10 Å². The first kappa shape index (κ1) is 12.5. The van der Waals surface area contributed by atoms with Crippen LogP contribution in [0.5, 0.6) is 5.75 Å². The molecule has 0 fully saturated rings. The molecule has 5 nitrogen and oxygen atoms in total. The molecule has 0 saturated carbocycles. The Labute approximate surface area is 94.5 Å². The maximum absolute atomic E-state index is 11.1. The summed E-state index contributed by atoms with van der Waals surface area (Å²) in [4.78, 5) is 11.1. The maximum Gasteiger partial charge on any atom is 0.274 e. The second-order valence-corrected chi connectivity index (χ2v) is 3.35. The number of carbonyl (C=O) groups excluding carboxylic acids is 1. The molecule has 1 aromatic carbocycles. The van der Waals surface area contributed by atoms with Crippen molar-refractivity contribution in [3.05, 3.63) is 29.8 Å². The summed E-state index contributed by atoms with van der Waals surface area (Å²) >= 11 is 0. The Hall–Kier alpha value is -1.59. The number of hydrogen-bond donors (Lipinski definition) is 2. The van der Waals surface area contributed by atoms with Gasteiger partial charge in [0.15, 0.2) is 6.10 Å². The van der Waals surface area contributed by atoms with Crippen LogP contribution in [0, 0.1) is 0 Å². The predicted molar refractivity (Wildman–Crippen MR) is 59.6 cm³/mol. The molecule has 0 saturated heterocycles. The minimum Gasteiger partial charge on any atom is -0.481 e. The van der Waals surface area contributed by atoms with Crippen molar-refractivity contribution >= 4 is 5.91 Å². The van der Waals surface area contributed by atoms with Crippen LogP contribution in [0.1, 0.15) is 12.5 Å². The maximum atomic E-state index is 11.1. The average Bonchev–Trinajstić information content (AvgIpc) is 2.29. The number of rotatable bonds is 5. The molecule has 16 heavy (non-hydrogen) atoms. The van der Waals surface area contributed by atoms with Gasteiger partial charge in [-0.05, 0) is 24.6 Å². The Kier molecular flexibility index (Phi) is 4.75. The smallest absolute Gasteiger partial charge is 0.274 e. The van der Waals surface area contributed by atoms with Crippen LogP contribution in [0.4, 0.5) is 0 Å². The van der Waals surface area contributed by atoms with Crippen LogP contribution >= 0.6 is 0 Å². The second-order valence-electron chi connectivity index (χ2n) is 3.35. The van der Waals surface area contributed by atoms with Crippen molar-refractivity contribution in [3.8, 4) is 5.75 Å². The Morgan fingerprint density at radius 3 is 2.94 bits per heavy atom. The molecule has 0 bridgehead atoms. The fraction of sp³-hybridized carbons (Fsp3) is 0.364. The number of hydrazine groups is 1. The van der Waals surface area contributed by atoms with E-state index in [1.165, 1.54) is 0 Å². The molecule has 0 aliphatic carbocycles. The van der Waals surface area contributed by atoms with Crippen LogP contribution in [0.3, 0.4) is 0 Å². The lowest BCUT2D eigenvalue weighted by Crippen LogP contribution is -2.40. The van der Waals surface area contributed by atoms with Gasteiger partial charge in [0.1, 0.15) is 5.75 Å². The number of carbonyl (C=O) groups is 1. The summed E-state index contributed by atoms with van der Waals surface area (Å²) in [5, 5.41) is 0. The van der Waals surface area contributed by atoms with E-state index in [1.807, 2.05) is 23.6 Å². The second kappa shape index (κ2) is 6.09. The lowest BCUT2D eigenvalue weighted by molar-refractivity contribution is -0.127. The first-order chi connectivity index (χ1) is 7.67. The van der Waals surface area contributed by atoms with Gasteiger partial charge in [-0.25, -0.2) is 5.84 Å². The van der Waals surface area contributed by atoms with Crippen molar-refractivity contribution < 1.29 is 14.3 Å². The third-order valence-corrected chi connectivity index (χ3v) is 2.03. The van der Waals surface area contributed by atoms with Crippen LogP contribution in [0.25, 0.3) is 0 Å². The molecule has 1 aromatic rings. The quantitative estimate of drug-likeness (QED) is 0.436. The van der Waals surface area contributed by atoms with E-state index in [4.69, 9.17) is 15.3 Å². The highest BCUT2D eigenvalue weighted by Crippen LogP contribution is 2.15. The Morgan fingerprint density at radius 1 is 1.56 bits per heavy atom. The number of hydrogen-bond acceptors (Lipinski definition) is 4. The number of nitrogens with two attached hydrogens (primary N) is 1. The minimum absolute atomic E-state index is 0.364. The number of methoxy groups -OCH3 is 1. The predicted octanol–water partition coefficient (Wildman–Crippen LogP) is 0.590. The lowest BCUT2D eigenvalue weighted by Gasteiger charge is -2.13. The number of ether oxygens (including phenoxy) is 2. The van der Waals surface area contributed by atoms with E-state index in [0.717, 1.165) is 5.56 Å². The standard InChI is InChI=1S/C11H16N2O3/c1-8(11(14)13-12)16-10-5-3-4-9(6-10)7-15-2/h3-6,8H,7,12H2,1-2H3,(H,13,14). The summed E-state index contributed by atoms with van der Waals surface area (Å²) in [5.41, 5.74) is 3.02. The normalized spacial score (nSPS) is 11.9. The van der Waals surface area contributed by atoms with Crippen LogP contribution in [0.2, 0.25) is 0 Å². The molecular weight excluding hydrogens is 208 g/mol. The molecule has 0 heterocycles. The molecule has 88 valence electrons. The highest BCUT2D eigenvalue weighted by Gasteiger charge is 2.12. The van der Waals surface area contributed by atoms with Gasteiger partial charge >= 0.3 is 0 Å². The van der Waals surface area contributed by atoms with Crippen molar-refractivity contribution in [1.29, 1.82) is 0 Å². The molecule has 1 amide bonds. The first-order valence-corrected chi connectivity index (χ1v) is 4.92. The van der Waals surface area contributed by atoms with Crippen LogP contribution in [0.15, 0.2) is 24.3 Å². The third kappa shape index (κ3) is 3.52. The lowest BCUT2D eigenvalue weighted by atomic mass is 10.2. The molecule has 0 radical (unpaired) electrons. The molecule has 1 rings (SSSR count). The van der Waals surface area contributed by atoms with Gasteiger partial charge in [-0.3, -0.25) is 10.2 Å². The zero-order chi connectivity index (χ0) is 12.0. The molecular formula is C11H16N2O3. The molecule has 0 aliphatic heterocycles. The summed E-state index contributed by atoms with van der Waals surface area (Å²) in [5.74, 6) is 5.26. The topological polar surface area (TPSA) is 73.6 Å². The van der Waals surface area contributed by atoms with Gasteiger partial charge in [0.25, 0.3) is 5.91 Å². The van der Waals surface area contributed by atoms with Gasteiger partial charge in [-0.1, -0.05) is 12.1 Å². The van der Waals surface area contributed by atoms with Crippen molar-refractivity contribution in [2.24, 2.45) is 5.84 Å². The highest BCUT2D eigenvalue weighted by molar-refractivity contribution is 5.80. The van der Waals surface area contributed by atoms with Crippen molar-refractivity contribution in [2.75, 3.05) is 7.11 Å². The number of nitrogens with one attached hydrogen (secondary N) is 1. The molecule has 1 unspecified atom stereocenters. The number of benzene rings is 1. The molecule has 5 heteroatoms. The summed E-state index contributed by atoms with van der Waals surface area (Å²) in [6, 6.07) is 7.37. The van der Waals surface area contributed by atoms with Gasteiger partial charge in [0, 0.05) is 7.11 Å². The fourth-order valence-electron chi connectivity index (χ4n) is 1.25. The SMILES string of the molecule is COCc1cccc(OC(C)C(=O)NN)c1. The minimum atomic E-state index is -0.622. The third-order valence-electron chi connectivity index (χ3n) is 2.03. The largest absolute Gasteiger partial charge is 0.481 e. The van der Waals surface area contributed by atoms with E-state index in [0.29, 0.717) is 12.4 Å². The first-order valence-electron chi connectivity index (χ1n) is 4.92. The Morgan fingerprint density at radius 2 is 2.31 bits per heavy atom. The van der Waals surface area contributed by atoms with E-state index >= 15 is 0 Å². The van der Waals surface area contributed by atoms with Gasteiger partial charge in [-0.15, -0.1) is 0 Å². The molecule has 3 N–H and O–H groups in total. The summed E-state index contributed by atoms with van der Waals surface area (Å²) < 4.78 is 10.4. The van der Waals surface area contributed by atoms with Gasteiger partial charge in [-0.2, -0.15) is 0 Å². The Bertz CT molecular complexity index is 355. The van der Waals surface area contributed by atoms with E-state index in [-0.39, 0.29) is 5.91 Å². The number of amides is 1. The van der Waals surface area contributed by atoms with E-state index in [2.05, 4.69) is 0 Å². The van der Waals surface area contributed by atoms with Crippen molar-refractivity contribution in [3.63, 3.8) is 0 Å². The van der Waals surface area contributed by atoms with Gasteiger partial charge in [0.2, 0.25) is 0 Å². The zero-order valence-corrected chi connectivity index (χ0v) is 9.40. The van der Waals surface area contributed by atoms with Gasteiger partial charge < -0.3 is 9.47 Å². The summed E-state index contributed by atoms with van der Waals surface area (Å²) in [6.45, 7) is 2.14. The monoisotopic (exact) mass is 224 g/mol. The molecule has 0 aliphatic rings. The summed E-state index contributed by atoms with van der Waals surface area (Å²) in [6.07, 6.45) is -0.622. The van der Waals surface area contributed by atoms with E-state index in [1.54, 1.807) is 20.1 Å². The highest BCUT2D eigenvalue weighted by atomic mass is 16.5. The van der Waals surface area contributed by atoms with Crippen LogP contribution in [-0.4, -0.2) is 19.1 Å². The molecule has 0 spiro atoms. The van der Waals surface area contributed by atoms with Crippen LogP contribution < -0.4 is 16.0 Å². The summed E-state index contributed by atoms with van der Waals surface area (Å²) in [7, 11) is 1.62. The van der Waals surface area contributed by atoms with Gasteiger partial charge in [0.05, 0.1) is 6.61 Å². The fourth-order valence-corrected chi connectivity index (χ4v) is 1.25. The van der Waals surface area contributed by atoms with Crippen molar-refractivity contribution in [2.45, 2.75) is 19.6 Å². The molecule has 0 aromatic heterocycles. The Balaban J connectivity index is 2.66. The van der Waals surface area contributed by atoms with E-state index in [9.17, 15) is 4.79 Å². The molecule has 1 atom stereocenters. The van der Waals surface area contributed by atoms with Crippen molar-refractivity contribution in [1.82, 2.24) is 5.43 Å². The zero-order valence-electron chi connectivity index (χ0n) is 9.40.